The van der Waals surface area contributed by atoms with Gasteiger partial charge in [-0.25, -0.2) is 13.8 Å². The third-order valence-corrected chi connectivity index (χ3v) is 6.02. The topological polar surface area (TPSA) is 122 Å². The largest absolute Gasteiger partial charge is 0.437 e. The zero-order valence-corrected chi connectivity index (χ0v) is 19.7. The van der Waals surface area contributed by atoms with Gasteiger partial charge in [-0.15, -0.1) is 0 Å². The van der Waals surface area contributed by atoms with Crippen molar-refractivity contribution in [3.05, 3.63) is 76.7 Å². The number of alkyl halides is 1. The summed E-state index contributed by atoms with van der Waals surface area (Å²) in [5, 5.41) is 2.63. The zero-order chi connectivity index (χ0) is 25.8. The van der Waals surface area contributed by atoms with E-state index in [9.17, 15) is 23.2 Å². The lowest BCUT2D eigenvalue weighted by atomic mass is 10.2. The van der Waals surface area contributed by atoms with Gasteiger partial charge in [0.15, 0.2) is 12.1 Å². The number of likely N-dealkylation sites (tertiary alicyclic amines) is 1. The number of carbonyl (C=O) groups is 3. The Labute approximate surface area is 209 Å². The van der Waals surface area contributed by atoms with Gasteiger partial charge in [0.1, 0.15) is 12.0 Å². The molecule has 1 aliphatic rings. The van der Waals surface area contributed by atoms with Crippen LogP contribution in [-0.4, -0.2) is 60.0 Å². The van der Waals surface area contributed by atoms with Crippen molar-refractivity contribution in [1.82, 2.24) is 9.88 Å². The van der Waals surface area contributed by atoms with E-state index in [1.165, 1.54) is 11.0 Å². The van der Waals surface area contributed by atoms with Crippen molar-refractivity contribution in [2.75, 3.05) is 36.4 Å². The summed E-state index contributed by atoms with van der Waals surface area (Å²) in [6, 6.07) is 9.75. The maximum atomic E-state index is 13.6. The molecular formula is C24H22ClF2N5O4. The number of aromatic nitrogens is 1. The number of oxazole rings is 1. The van der Waals surface area contributed by atoms with E-state index < -0.39 is 29.7 Å². The summed E-state index contributed by atoms with van der Waals surface area (Å²) in [7, 11) is 0. The minimum absolute atomic E-state index is 0.0313. The number of carbonyl (C=O) groups excluding carboxylic acids is 3. The van der Waals surface area contributed by atoms with Crippen LogP contribution in [0.3, 0.4) is 0 Å². The first kappa shape index (κ1) is 25.3. The molecule has 3 N–H and O–H groups in total. The van der Waals surface area contributed by atoms with E-state index in [1.807, 2.05) is 4.90 Å². The van der Waals surface area contributed by atoms with Crippen molar-refractivity contribution < 1.29 is 27.6 Å². The van der Waals surface area contributed by atoms with Crippen LogP contribution in [0, 0.1) is 5.82 Å². The molecule has 0 radical (unpaired) electrons. The summed E-state index contributed by atoms with van der Waals surface area (Å²) in [5.74, 6) is -3.02. The molecule has 4 rings (SSSR count). The van der Waals surface area contributed by atoms with Gasteiger partial charge >= 0.3 is 0 Å². The fourth-order valence-electron chi connectivity index (χ4n) is 3.88. The van der Waals surface area contributed by atoms with Crippen LogP contribution in [0.25, 0.3) is 0 Å². The number of nitrogens with zero attached hydrogens (tertiary/aromatic N) is 3. The second-order valence-corrected chi connectivity index (χ2v) is 8.57. The van der Waals surface area contributed by atoms with Gasteiger partial charge in [0.2, 0.25) is 5.76 Å². The lowest BCUT2D eigenvalue weighted by Gasteiger charge is -2.25. The SMILES string of the molecule is NC(=O)c1ocnc1C(=O)N(CCN1CC[C@@H](F)C1)c1ccc(NC(=O)c2ccc(F)cc2Cl)cc1. The molecule has 3 amide bonds. The van der Waals surface area contributed by atoms with Crippen molar-refractivity contribution >= 4 is 40.7 Å². The fraction of sp³-hybridized carbons (Fsp3) is 0.250. The van der Waals surface area contributed by atoms with Crippen molar-refractivity contribution in [3.8, 4) is 0 Å². The molecular weight excluding hydrogens is 496 g/mol. The van der Waals surface area contributed by atoms with Gasteiger partial charge < -0.3 is 20.4 Å². The number of nitrogens with one attached hydrogen (secondary N) is 1. The second-order valence-electron chi connectivity index (χ2n) is 8.16. The molecule has 9 nitrogen and oxygen atoms in total. The number of primary amides is 1. The number of rotatable bonds is 8. The first-order valence-corrected chi connectivity index (χ1v) is 11.4. The van der Waals surface area contributed by atoms with Gasteiger partial charge in [-0.1, -0.05) is 11.6 Å². The molecule has 1 atom stereocenters. The predicted octanol–water partition coefficient (Wildman–Crippen LogP) is 3.51. The molecule has 0 saturated carbocycles. The summed E-state index contributed by atoms with van der Waals surface area (Å²) < 4.78 is 31.8. The van der Waals surface area contributed by atoms with E-state index in [-0.39, 0.29) is 35.1 Å². The fourth-order valence-corrected chi connectivity index (χ4v) is 4.13. The normalized spacial score (nSPS) is 15.6. The van der Waals surface area contributed by atoms with Gasteiger partial charge in [0.25, 0.3) is 17.7 Å². The molecule has 1 aliphatic heterocycles. The molecule has 0 aliphatic carbocycles. The lowest BCUT2D eigenvalue weighted by molar-refractivity contribution is 0.0939. The Hall–Kier alpha value is -3.83. The van der Waals surface area contributed by atoms with Gasteiger partial charge in [-0.2, -0.15) is 0 Å². The maximum Gasteiger partial charge on any atom is 0.287 e. The molecule has 0 bridgehead atoms. The van der Waals surface area contributed by atoms with Crippen LogP contribution in [0.2, 0.25) is 5.02 Å². The molecule has 36 heavy (non-hydrogen) atoms. The van der Waals surface area contributed by atoms with Crippen LogP contribution in [-0.2, 0) is 0 Å². The Morgan fingerprint density at radius 2 is 1.97 bits per heavy atom. The van der Waals surface area contributed by atoms with Gasteiger partial charge in [0.05, 0.1) is 10.6 Å². The minimum Gasteiger partial charge on any atom is -0.437 e. The van der Waals surface area contributed by atoms with Crippen molar-refractivity contribution in [2.24, 2.45) is 5.73 Å². The van der Waals surface area contributed by atoms with Crippen LogP contribution in [0.4, 0.5) is 20.2 Å². The van der Waals surface area contributed by atoms with Crippen LogP contribution in [0.1, 0.15) is 37.8 Å². The van der Waals surface area contributed by atoms with Crippen LogP contribution >= 0.6 is 11.6 Å². The van der Waals surface area contributed by atoms with Crippen molar-refractivity contribution in [3.63, 3.8) is 0 Å². The Balaban J connectivity index is 1.54. The molecule has 12 heteroatoms. The summed E-state index contributed by atoms with van der Waals surface area (Å²) in [5.41, 5.74) is 5.99. The number of anilines is 2. The highest BCUT2D eigenvalue weighted by molar-refractivity contribution is 6.34. The van der Waals surface area contributed by atoms with Gasteiger partial charge in [0, 0.05) is 37.6 Å². The zero-order valence-electron chi connectivity index (χ0n) is 18.9. The third kappa shape index (κ3) is 5.69. The van der Waals surface area contributed by atoms with E-state index in [0.29, 0.717) is 30.9 Å². The van der Waals surface area contributed by atoms with Crippen molar-refractivity contribution in [1.29, 1.82) is 0 Å². The Kier molecular flexibility index (Phi) is 7.61. The molecule has 2 aromatic carbocycles. The molecule has 1 saturated heterocycles. The number of hydrogen-bond donors (Lipinski definition) is 2. The molecule has 3 aromatic rings. The number of amides is 3. The summed E-state index contributed by atoms with van der Waals surface area (Å²) in [4.78, 5) is 44.6. The smallest absolute Gasteiger partial charge is 0.287 e. The highest BCUT2D eigenvalue weighted by atomic mass is 35.5. The predicted molar refractivity (Wildman–Crippen MR) is 128 cm³/mol. The van der Waals surface area contributed by atoms with E-state index in [2.05, 4.69) is 10.3 Å². The average Bonchev–Trinajstić information content (AvgIpc) is 3.49. The molecule has 2 heterocycles. The molecule has 0 spiro atoms. The van der Waals surface area contributed by atoms with Gasteiger partial charge in [-0.3, -0.25) is 19.3 Å². The first-order chi connectivity index (χ1) is 17.2. The van der Waals surface area contributed by atoms with Crippen LogP contribution in [0.5, 0.6) is 0 Å². The monoisotopic (exact) mass is 517 g/mol. The Bertz CT molecular complexity index is 1280. The van der Waals surface area contributed by atoms with E-state index in [4.69, 9.17) is 21.8 Å². The molecule has 1 aromatic heterocycles. The average molecular weight is 518 g/mol. The van der Waals surface area contributed by atoms with E-state index in [0.717, 1.165) is 18.5 Å². The second kappa shape index (κ2) is 10.8. The minimum atomic E-state index is -0.937. The number of benzene rings is 2. The van der Waals surface area contributed by atoms with Crippen molar-refractivity contribution in [2.45, 2.75) is 12.6 Å². The molecule has 0 unspecified atom stereocenters. The Morgan fingerprint density at radius 3 is 2.61 bits per heavy atom. The standard InChI is InChI=1S/C24H22ClF2N5O4/c25-19-11-14(26)1-6-18(19)23(34)30-16-2-4-17(5-3-16)32(10-9-31-8-7-15(27)12-31)24(35)20-21(22(28)33)36-13-29-20/h1-6,11,13,15H,7-10,12H2,(H2,28,33)(H,30,34)/t15-/m1/s1. The highest BCUT2D eigenvalue weighted by Crippen LogP contribution is 2.24. The number of halogens is 3. The summed E-state index contributed by atoms with van der Waals surface area (Å²) >= 11 is 5.95. The maximum absolute atomic E-state index is 13.6. The van der Waals surface area contributed by atoms with E-state index in [1.54, 1.807) is 24.3 Å². The summed E-state index contributed by atoms with van der Waals surface area (Å²) in [6.45, 7) is 1.40. The first-order valence-electron chi connectivity index (χ1n) is 11.0. The lowest BCUT2D eigenvalue weighted by Crippen LogP contribution is -2.39. The highest BCUT2D eigenvalue weighted by Gasteiger charge is 2.28. The summed E-state index contributed by atoms with van der Waals surface area (Å²) in [6.07, 6.45) is 0.470. The van der Waals surface area contributed by atoms with Gasteiger partial charge in [-0.05, 0) is 48.9 Å². The quantitative estimate of drug-likeness (QED) is 0.471. The van der Waals surface area contributed by atoms with E-state index >= 15 is 0 Å². The van der Waals surface area contributed by atoms with Crippen LogP contribution < -0.4 is 16.0 Å². The Morgan fingerprint density at radius 1 is 1.22 bits per heavy atom. The molecule has 1 fully saturated rings. The van der Waals surface area contributed by atoms with Crippen LogP contribution in [0.15, 0.2) is 53.3 Å². The number of hydrogen-bond acceptors (Lipinski definition) is 6. The number of nitrogens with two attached hydrogens (primary N) is 1. The third-order valence-electron chi connectivity index (χ3n) is 5.71. The molecule has 188 valence electrons.